The molecular weight excluding hydrogens is 268 g/mol. The molecule has 1 saturated heterocycles. The number of aryl methyl sites for hydroxylation is 1. The first-order valence-electron chi connectivity index (χ1n) is 5.85. The molecule has 4 nitrogen and oxygen atoms in total. The van der Waals surface area contributed by atoms with Gasteiger partial charge in [-0.1, -0.05) is 6.07 Å². The molecule has 0 aliphatic carbocycles. The molecule has 1 aromatic rings. The summed E-state index contributed by atoms with van der Waals surface area (Å²) in [6.45, 7) is 1.80. The van der Waals surface area contributed by atoms with Crippen molar-refractivity contribution in [1.29, 1.82) is 0 Å². The molecule has 18 heavy (non-hydrogen) atoms. The second kappa shape index (κ2) is 5.11. The summed E-state index contributed by atoms with van der Waals surface area (Å²) < 4.78 is 26.6. The van der Waals surface area contributed by atoms with E-state index < -0.39 is 10.0 Å². The molecule has 0 radical (unpaired) electrons. The monoisotopic (exact) mass is 286 g/mol. The van der Waals surface area contributed by atoms with E-state index in [0.717, 1.165) is 23.5 Å². The van der Waals surface area contributed by atoms with Crippen molar-refractivity contribution in [1.82, 2.24) is 4.31 Å². The van der Waals surface area contributed by atoms with Crippen LogP contribution in [0.15, 0.2) is 23.1 Å². The molecule has 6 heteroatoms. The molecule has 1 aliphatic heterocycles. The van der Waals surface area contributed by atoms with Gasteiger partial charge in [-0.25, -0.2) is 8.42 Å². The minimum absolute atomic E-state index is 0.0980. The third-order valence-electron chi connectivity index (χ3n) is 3.29. The van der Waals surface area contributed by atoms with Gasteiger partial charge in [0, 0.05) is 24.5 Å². The van der Waals surface area contributed by atoms with Crippen LogP contribution in [0.3, 0.4) is 0 Å². The van der Waals surface area contributed by atoms with Gasteiger partial charge in [-0.2, -0.15) is 16.1 Å². The van der Waals surface area contributed by atoms with Crippen molar-refractivity contribution < 1.29 is 8.42 Å². The highest BCUT2D eigenvalue weighted by molar-refractivity contribution is 7.99. The van der Waals surface area contributed by atoms with Crippen molar-refractivity contribution >= 4 is 27.5 Å². The van der Waals surface area contributed by atoms with Crippen molar-refractivity contribution in [3.05, 3.63) is 23.8 Å². The molecule has 1 heterocycles. The molecule has 0 amide bonds. The van der Waals surface area contributed by atoms with Crippen molar-refractivity contribution in [2.24, 2.45) is 0 Å². The predicted octanol–water partition coefficient (Wildman–Crippen LogP) is 1.70. The highest BCUT2D eigenvalue weighted by atomic mass is 32.2. The zero-order chi connectivity index (χ0) is 13.3. The fourth-order valence-corrected chi connectivity index (χ4v) is 5.06. The second-order valence-electron chi connectivity index (χ2n) is 4.56. The molecule has 0 aromatic heterocycles. The normalized spacial score (nSPS) is 20.5. The van der Waals surface area contributed by atoms with Crippen molar-refractivity contribution in [3.63, 3.8) is 0 Å². The lowest BCUT2D eigenvalue weighted by molar-refractivity contribution is 0.394. The first kappa shape index (κ1) is 13.7. The molecule has 1 atom stereocenters. The maximum atomic E-state index is 12.6. The van der Waals surface area contributed by atoms with Crippen LogP contribution in [0.25, 0.3) is 0 Å². The van der Waals surface area contributed by atoms with Crippen molar-refractivity contribution in [3.8, 4) is 0 Å². The predicted molar refractivity (Wildman–Crippen MR) is 76.3 cm³/mol. The Hall–Kier alpha value is -0.720. The number of rotatable bonds is 3. The SMILES string of the molecule is Cc1ccc(N)cc1S(=O)(=O)N(C)C1CCSC1. The summed E-state index contributed by atoms with van der Waals surface area (Å²) in [5, 5.41) is 0. The van der Waals surface area contributed by atoms with Crippen molar-refractivity contribution in [2.75, 3.05) is 24.3 Å². The zero-order valence-electron chi connectivity index (χ0n) is 10.6. The molecular formula is C12H18N2O2S2. The first-order chi connectivity index (χ1) is 8.43. The summed E-state index contributed by atoms with van der Waals surface area (Å²) in [5.41, 5.74) is 6.91. The highest BCUT2D eigenvalue weighted by Gasteiger charge is 2.31. The van der Waals surface area contributed by atoms with Crippen molar-refractivity contribution in [2.45, 2.75) is 24.3 Å². The lowest BCUT2D eigenvalue weighted by Gasteiger charge is -2.24. The third kappa shape index (κ3) is 2.50. The summed E-state index contributed by atoms with van der Waals surface area (Å²) in [5.74, 6) is 1.90. The van der Waals surface area contributed by atoms with E-state index in [-0.39, 0.29) is 6.04 Å². The Bertz CT molecular complexity index is 537. The average molecular weight is 286 g/mol. The van der Waals surface area contributed by atoms with Crippen LogP contribution in [0.5, 0.6) is 0 Å². The van der Waals surface area contributed by atoms with Gasteiger partial charge >= 0.3 is 0 Å². The Kier molecular flexibility index (Phi) is 3.89. The van der Waals surface area contributed by atoms with Gasteiger partial charge in [-0.05, 0) is 36.8 Å². The summed E-state index contributed by atoms with van der Waals surface area (Å²) in [6.07, 6.45) is 0.918. The Balaban J connectivity index is 2.37. The third-order valence-corrected chi connectivity index (χ3v) is 6.49. The quantitative estimate of drug-likeness (QED) is 0.859. The lowest BCUT2D eigenvalue weighted by atomic mass is 10.2. The summed E-state index contributed by atoms with van der Waals surface area (Å²) >= 11 is 1.80. The first-order valence-corrected chi connectivity index (χ1v) is 8.44. The van der Waals surface area contributed by atoms with Gasteiger partial charge in [-0.15, -0.1) is 0 Å². The maximum Gasteiger partial charge on any atom is 0.243 e. The molecule has 100 valence electrons. The second-order valence-corrected chi connectivity index (χ2v) is 7.68. The minimum atomic E-state index is -3.44. The fourth-order valence-electron chi connectivity index (χ4n) is 2.05. The molecule has 0 spiro atoms. The maximum absolute atomic E-state index is 12.6. The van der Waals surface area contributed by atoms with E-state index in [4.69, 9.17) is 5.73 Å². The van der Waals surface area contributed by atoms with Crippen LogP contribution >= 0.6 is 11.8 Å². The molecule has 2 N–H and O–H groups in total. The van der Waals surface area contributed by atoms with E-state index >= 15 is 0 Å². The van der Waals surface area contributed by atoms with Gasteiger partial charge < -0.3 is 5.73 Å². The largest absolute Gasteiger partial charge is 0.399 e. The Morgan fingerprint density at radius 1 is 1.44 bits per heavy atom. The van der Waals surface area contributed by atoms with Crippen LogP contribution in [-0.4, -0.2) is 37.3 Å². The lowest BCUT2D eigenvalue weighted by Crippen LogP contribution is -2.37. The smallest absolute Gasteiger partial charge is 0.243 e. The van der Waals surface area contributed by atoms with Gasteiger partial charge in [-0.3, -0.25) is 0 Å². The fraction of sp³-hybridized carbons (Fsp3) is 0.500. The Labute approximate surface area is 113 Å². The van der Waals surface area contributed by atoms with Gasteiger partial charge in [0.1, 0.15) is 0 Å². The van der Waals surface area contributed by atoms with Crippen LogP contribution in [0.4, 0.5) is 5.69 Å². The number of benzene rings is 1. The van der Waals surface area contributed by atoms with Crippen LogP contribution in [0.2, 0.25) is 0 Å². The number of nitrogens with two attached hydrogens (primary N) is 1. The summed E-state index contributed by atoms with van der Waals surface area (Å²) in [6, 6.07) is 5.11. The van der Waals surface area contributed by atoms with Gasteiger partial charge in [0.05, 0.1) is 4.90 Å². The van der Waals surface area contributed by atoms with Crippen LogP contribution < -0.4 is 5.73 Å². The number of hydrogen-bond acceptors (Lipinski definition) is 4. The van der Waals surface area contributed by atoms with E-state index in [0.29, 0.717) is 10.6 Å². The van der Waals surface area contributed by atoms with E-state index in [2.05, 4.69) is 0 Å². The van der Waals surface area contributed by atoms with Gasteiger partial charge in [0.25, 0.3) is 0 Å². The van der Waals surface area contributed by atoms with E-state index in [9.17, 15) is 8.42 Å². The zero-order valence-corrected chi connectivity index (χ0v) is 12.2. The molecule has 1 aliphatic rings. The Morgan fingerprint density at radius 2 is 2.17 bits per heavy atom. The highest BCUT2D eigenvalue weighted by Crippen LogP contribution is 2.28. The van der Waals surface area contributed by atoms with Crippen LogP contribution in [0.1, 0.15) is 12.0 Å². The van der Waals surface area contributed by atoms with Crippen LogP contribution in [-0.2, 0) is 10.0 Å². The summed E-state index contributed by atoms with van der Waals surface area (Å²) in [7, 11) is -1.77. The van der Waals surface area contributed by atoms with Gasteiger partial charge in [0.15, 0.2) is 0 Å². The molecule has 2 rings (SSSR count). The average Bonchev–Trinajstić information content (AvgIpc) is 2.84. The number of thioether (sulfide) groups is 1. The molecule has 0 bridgehead atoms. The molecule has 1 aromatic carbocycles. The number of nitrogen functional groups attached to an aromatic ring is 1. The number of anilines is 1. The number of nitrogens with zero attached hydrogens (tertiary/aromatic N) is 1. The minimum Gasteiger partial charge on any atom is -0.399 e. The van der Waals surface area contributed by atoms with Crippen LogP contribution in [0, 0.1) is 6.92 Å². The molecule has 1 unspecified atom stereocenters. The van der Waals surface area contributed by atoms with E-state index in [1.807, 2.05) is 0 Å². The standard InChI is InChI=1S/C12H18N2O2S2/c1-9-3-4-10(13)7-12(9)18(15,16)14(2)11-5-6-17-8-11/h3-4,7,11H,5-6,8,13H2,1-2H3. The molecule has 1 fully saturated rings. The summed E-state index contributed by atoms with van der Waals surface area (Å²) in [4.78, 5) is 0.321. The van der Waals surface area contributed by atoms with Gasteiger partial charge in [0.2, 0.25) is 10.0 Å². The molecule has 0 saturated carbocycles. The number of sulfonamides is 1. The van der Waals surface area contributed by atoms with E-state index in [1.54, 1.807) is 43.9 Å². The topological polar surface area (TPSA) is 63.4 Å². The number of hydrogen-bond donors (Lipinski definition) is 1. The van der Waals surface area contributed by atoms with E-state index in [1.165, 1.54) is 4.31 Å². The Morgan fingerprint density at radius 3 is 2.78 bits per heavy atom.